The maximum atomic E-state index is 8.25. The van der Waals surface area contributed by atoms with Crippen molar-refractivity contribution in [2.24, 2.45) is 0 Å². The molecule has 3 heteroatoms. The number of hydrogen-bond donors (Lipinski definition) is 1. The Bertz CT molecular complexity index is 101. The Hall–Kier alpha value is -0.565. The average molecular weight is 126 g/mol. The predicted octanol–water partition coefficient (Wildman–Crippen LogP) is -0.00880. The van der Waals surface area contributed by atoms with Gasteiger partial charge in [0.1, 0.15) is 0 Å². The third-order valence-corrected chi connectivity index (χ3v) is 0.834. The monoisotopic (exact) mass is 126 g/mol. The zero-order chi connectivity index (χ0) is 7.11. The molecule has 1 unspecified atom stereocenters. The van der Waals surface area contributed by atoms with Crippen LogP contribution >= 0.6 is 0 Å². The summed E-state index contributed by atoms with van der Waals surface area (Å²) in [7, 11) is 0.980. The van der Waals surface area contributed by atoms with Crippen LogP contribution in [-0.4, -0.2) is 30.8 Å². The van der Waals surface area contributed by atoms with Crippen molar-refractivity contribution in [2.75, 3.05) is 6.61 Å². The molecule has 9 heavy (non-hydrogen) atoms. The van der Waals surface area contributed by atoms with Crippen molar-refractivity contribution >= 4 is 13.1 Å². The Kier molecular flexibility index (Phi) is 5.22. The summed E-state index contributed by atoms with van der Waals surface area (Å²) in [5.74, 6) is 1.56. The summed E-state index contributed by atoms with van der Waals surface area (Å²) in [6.07, 6.45) is 1.63. The molecule has 0 saturated heterocycles. The van der Waals surface area contributed by atoms with E-state index in [1.807, 2.05) is 6.92 Å². The quantitative estimate of drug-likeness (QED) is 0.424. The van der Waals surface area contributed by atoms with Gasteiger partial charge in [0.25, 0.3) is 0 Å². The fourth-order valence-electron chi connectivity index (χ4n) is 0.397. The van der Waals surface area contributed by atoms with E-state index in [9.17, 15) is 0 Å². The van der Waals surface area contributed by atoms with E-state index in [1.165, 1.54) is 0 Å². The molecule has 0 rings (SSSR count). The van der Waals surface area contributed by atoms with Crippen LogP contribution in [0.25, 0.3) is 0 Å². The third kappa shape index (κ3) is 5.30. The molecule has 0 heterocycles. The summed E-state index contributed by atoms with van der Waals surface area (Å²) in [5.41, 5.74) is 0. The minimum absolute atomic E-state index is 0.0343. The van der Waals surface area contributed by atoms with Crippen LogP contribution in [-0.2, 0) is 4.74 Å². The van der Waals surface area contributed by atoms with Gasteiger partial charge in [-0.3, -0.25) is 0 Å². The van der Waals surface area contributed by atoms with Crippen LogP contribution in [0, 0.1) is 0 Å². The van der Waals surface area contributed by atoms with E-state index in [1.54, 1.807) is 12.0 Å². The first-order chi connectivity index (χ1) is 4.31. The summed E-state index contributed by atoms with van der Waals surface area (Å²) in [6, 6.07) is 0. The van der Waals surface area contributed by atoms with Gasteiger partial charge in [0.05, 0.1) is 0 Å². The molecule has 0 aromatic carbocycles. The van der Waals surface area contributed by atoms with Crippen LogP contribution in [0.1, 0.15) is 6.92 Å². The van der Waals surface area contributed by atoms with Crippen molar-refractivity contribution in [3.05, 3.63) is 12.7 Å². The second kappa shape index (κ2) is 5.57. The minimum atomic E-state index is -0.0343. The molecule has 50 valence electrons. The van der Waals surface area contributed by atoms with Crippen LogP contribution in [0.5, 0.6) is 0 Å². The molecule has 0 saturated carbocycles. The van der Waals surface area contributed by atoms with Crippen molar-refractivity contribution in [1.82, 2.24) is 0 Å². The van der Waals surface area contributed by atoms with Crippen LogP contribution in [0.3, 0.4) is 0 Å². The molecule has 1 atom stereocenters. The molecule has 1 N–H and O–H groups in total. The summed E-state index contributed by atoms with van der Waals surface area (Å²) in [6.45, 7) is 5.84. The van der Waals surface area contributed by atoms with Crippen LogP contribution in [0.15, 0.2) is 12.7 Å². The van der Waals surface area contributed by atoms with E-state index in [0.29, 0.717) is 6.61 Å². The summed E-state index contributed by atoms with van der Waals surface area (Å²) in [5, 5.41) is 8.25. The Morgan fingerprint density at radius 1 is 1.89 bits per heavy atom. The van der Waals surface area contributed by atoms with Gasteiger partial charge in [-0.25, -0.2) is 0 Å². The first-order valence-electron chi connectivity index (χ1n) is 2.84. The Morgan fingerprint density at radius 3 is 3.00 bits per heavy atom. The van der Waals surface area contributed by atoms with E-state index in [0.717, 1.165) is 7.12 Å². The van der Waals surface area contributed by atoms with E-state index in [4.69, 9.17) is 9.76 Å². The van der Waals surface area contributed by atoms with Gasteiger partial charge in [0.15, 0.2) is 0 Å². The third-order valence-electron chi connectivity index (χ3n) is 0.834. The van der Waals surface area contributed by atoms with Crippen LogP contribution in [0.2, 0.25) is 0 Å². The molecule has 0 amide bonds. The van der Waals surface area contributed by atoms with Crippen LogP contribution in [0.4, 0.5) is 0 Å². The number of hydrogen-bond acceptors (Lipinski definition) is 2. The molecular weight excluding hydrogens is 115 g/mol. The Morgan fingerprint density at radius 2 is 2.56 bits per heavy atom. The van der Waals surface area contributed by atoms with Crippen molar-refractivity contribution in [2.45, 2.75) is 13.0 Å². The normalized spacial score (nSPS) is 13.0. The molecule has 0 aliphatic heterocycles. The molecule has 0 radical (unpaired) electrons. The molecule has 0 aromatic heterocycles. The molecule has 0 fully saturated rings. The van der Waals surface area contributed by atoms with Crippen molar-refractivity contribution in [3.63, 3.8) is 0 Å². The van der Waals surface area contributed by atoms with Crippen molar-refractivity contribution in [1.29, 1.82) is 0 Å². The molecule has 0 aliphatic rings. The van der Waals surface area contributed by atoms with Crippen molar-refractivity contribution < 1.29 is 9.76 Å². The van der Waals surface area contributed by atoms with Gasteiger partial charge in [0, 0.05) is 0 Å². The first kappa shape index (κ1) is 8.43. The van der Waals surface area contributed by atoms with Gasteiger partial charge in [-0.1, -0.05) is 0 Å². The second-order valence-electron chi connectivity index (χ2n) is 1.67. The summed E-state index contributed by atoms with van der Waals surface area (Å²) in [4.78, 5) is 0. The molecule has 0 bridgehead atoms. The van der Waals surface area contributed by atoms with Gasteiger partial charge in [-0.2, -0.15) is 0 Å². The number of ether oxygens (including phenoxy) is 1. The Balaban J connectivity index is 3.25. The second-order valence-corrected chi connectivity index (χ2v) is 1.67. The zero-order valence-corrected chi connectivity index (χ0v) is 5.58. The molecule has 2 nitrogen and oxygen atoms in total. The molecule has 0 aliphatic carbocycles. The summed E-state index contributed by atoms with van der Waals surface area (Å²) < 4.78 is 5.07. The van der Waals surface area contributed by atoms with E-state index in [2.05, 4.69) is 6.58 Å². The van der Waals surface area contributed by atoms with Gasteiger partial charge < -0.3 is 0 Å². The molecule has 0 aromatic rings. The fraction of sp³-hybridized carbons (Fsp3) is 0.500. The van der Waals surface area contributed by atoms with Gasteiger partial charge >= 0.3 is 55.1 Å². The predicted molar refractivity (Wildman–Crippen MR) is 39.6 cm³/mol. The van der Waals surface area contributed by atoms with E-state index in [-0.39, 0.29) is 6.10 Å². The molecular formula is C6H11BO2. The zero-order valence-electron chi connectivity index (χ0n) is 5.58. The topological polar surface area (TPSA) is 29.5 Å². The summed E-state index contributed by atoms with van der Waals surface area (Å²) >= 11 is 0. The Labute approximate surface area is 56.1 Å². The van der Waals surface area contributed by atoms with E-state index >= 15 is 0 Å². The average Bonchev–Trinajstić information content (AvgIpc) is 1.85. The van der Waals surface area contributed by atoms with Gasteiger partial charge in [0.2, 0.25) is 0 Å². The van der Waals surface area contributed by atoms with Gasteiger partial charge in [-0.05, 0) is 0 Å². The van der Waals surface area contributed by atoms with Gasteiger partial charge in [-0.15, -0.1) is 0 Å². The standard InChI is InChI=1S/C6H11BO2/c1-3-4-9-6(2)5-7-8/h3,5-6,8H,1,4H2,2H3. The van der Waals surface area contributed by atoms with Crippen LogP contribution < -0.4 is 0 Å². The maximum absolute atomic E-state index is 8.25. The van der Waals surface area contributed by atoms with E-state index < -0.39 is 0 Å². The number of rotatable bonds is 4. The first-order valence-corrected chi connectivity index (χ1v) is 2.84. The van der Waals surface area contributed by atoms with Crippen molar-refractivity contribution in [3.8, 4) is 0 Å². The molecule has 0 spiro atoms. The SMILES string of the molecule is C=CCOC(C)/C=B/O. The fourth-order valence-corrected chi connectivity index (χ4v) is 0.397.